The Morgan fingerprint density at radius 1 is 1.53 bits per heavy atom. The van der Waals surface area contributed by atoms with Gasteiger partial charge in [-0.1, -0.05) is 0 Å². The van der Waals surface area contributed by atoms with Crippen LogP contribution in [-0.2, 0) is 19.4 Å². The number of carbonyl (C=O) groups excluding carboxylic acids is 1. The Morgan fingerprint density at radius 3 is 3.20 bits per heavy atom. The topological polar surface area (TPSA) is 68.0 Å². The van der Waals surface area contributed by atoms with Crippen molar-refractivity contribution in [3.8, 4) is 0 Å². The molecule has 3 rings (SSSR count). The van der Waals surface area contributed by atoms with Crippen LogP contribution in [-0.4, -0.2) is 17.4 Å². The lowest BCUT2D eigenvalue weighted by Gasteiger charge is -2.03. The van der Waals surface area contributed by atoms with Crippen molar-refractivity contribution in [2.24, 2.45) is 11.7 Å². The van der Waals surface area contributed by atoms with Crippen LogP contribution in [0.15, 0.2) is 6.20 Å². The van der Waals surface area contributed by atoms with Gasteiger partial charge in [0.25, 0.3) is 5.91 Å². The van der Waals surface area contributed by atoms with Crippen molar-refractivity contribution in [1.82, 2.24) is 10.3 Å². The second-order valence-corrected chi connectivity index (χ2v) is 4.28. The number of nitrogens with zero attached hydrogens (tertiary/aromatic N) is 1. The van der Waals surface area contributed by atoms with Gasteiger partial charge in [0.1, 0.15) is 0 Å². The third-order valence-corrected chi connectivity index (χ3v) is 3.32. The lowest BCUT2D eigenvalue weighted by molar-refractivity contribution is 0.0965. The summed E-state index contributed by atoms with van der Waals surface area (Å²) < 4.78 is 0. The van der Waals surface area contributed by atoms with E-state index >= 15 is 0 Å². The monoisotopic (exact) mass is 203 g/mol. The summed E-state index contributed by atoms with van der Waals surface area (Å²) in [7, 11) is 0. The van der Waals surface area contributed by atoms with Crippen LogP contribution in [0.4, 0.5) is 0 Å². The van der Waals surface area contributed by atoms with Gasteiger partial charge in [0, 0.05) is 24.0 Å². The predicted octanol–water partition coefficient (Wildman–Crippen LogP) is -0.00150. The van der Waals surface area contributed by atoms with E-state index in [9.17, 15) is 4.79 Å². The highest BCUT2D eigenvalue weighted by Crippen LogP contribution is 2.31. The van der Waals surface area contributed by atoms with Crippen LogP contribution in [0.1, 0.15) is 27.2 Å². The van der Waals surface area contributed by atoms with E-state index in [4.69, 9.17) is 5.73 Å². The van der Waals surface area contributed by atoms with Crippen LogP contribution in [0.5, 0.6) is 0 Å². The maximum Gasteiger partial charge on any atom is 0.252 e. The van der Waals surface area contributed by atoms with Gasteiger partial charge in [0.05, 0.1) is 5.56 Å². The van der Waals surface area contributed by atoms with Gasteiger partial charge in [-0.05, 0) is 30.9 Å². The summed E-state index contributed by atoms with van der Waals surface area (Å²) in [6.07, 6.45) is 3.66. The Hall–Kier alpha value is -1.42. The first-order valence-electron chi connectivity index (χ1n) is 5.27. The molecule has 0 bridgehead atoms. The van der Waals surface area contributed by atoms with E-state index in [0.29, 0.717) is 19.0 Å². The maximum atomic E-state index is 11.7. The largest absolute Gasteiger partial charge is 0.348 e. The quantitative estimate of drug-likeness (QED) is 0.675. The molecule has 0 aromatic carbocycles. The highest BCUT2D eigenvalue weighted by molar-refractivity contribution is 5.99. The molecule has 78 valence electrons. The van der Waals surface area contributed by atoms with Crippen molar-refractivity contribution < 1.29 is 4.79 Å². The van der Waals surface area contributed by atoms with Crippen molar-refractivity contribution >= 4 is 5.91 Å². The van der Waals surface area contributed by atoms with Gasteiger partial charge in [0.15, 0.2) is 0 Å². The average molecular weight is 203 g/mol. The average Bonchev–Trinajstić information content (AvgIpc) is 2.81. The lowest BCUT2D eigenvalue weighted by Crippen LogP contribution is -2.15. The Morgan fingerprint density at radius 2 is 2.40 bits per heavy atom. The maximum absolute atomic E-state index is 11.7. The molecule has 15 heavy (non-hydrogen) atoms. The molecule has 1 aliphatic heterocycles. The minimum atomic E-state index is 0.0568. The summed E-state index contributed by atoms with van der Waals surface area (Å²) in [5.41, 5.74) is 9.78. The number of aromatic nitrogens is 1. The summed E-state index contributed by atoms with van der Waals surface area (Å²) >= 11 is 0. The molecular formula is C11H13N3O. The molecule has 0 saturated heterocycles. The van der Waals surface area contributed by atoms with Crippen molar-refractivity contribution in [3.63, 3.8) is 0 Å². The first-order valence-corrected chi connectivity index (χ1v) is 5.27. The van der Waals surface area contributed by atoms with E-state index in [1.165, 1.54) is 0 Å². The molecule has 1 amide bonds. The van der Waals surface area contributed by atoms with Crippen molar-refractivity contribution in [2.45, 2.75) is 19.4 Å². The number of pyridine rings is 1. The number of carbonyl (C=O) groups is 1. The second kappa shape index (κ2) is 3.03. The molecule has 2 heterocycles. The first-order chi connectivity index (χ1) is 7.29. The Bertz CT molecular complexity index is 442. The Balaban J connectivity index is 2.11. The van der Waals surface area contributed by atoms with Gasteiger partial charge in [-0.3, -0.25) is 9.78 Å². The number of nitrogens with one attached hydrogen (secondary N) is 1. The Kier molecular flexibility index (Phi) is 1.79. The highest BCUT2D eigenvalue weighted by atomic mass is 16.1. The third-order valence-electron chi connectivity index (χ3n) is 3.32. The standard InChI is InChI=1S/C11H13N3O/c12-3-6-1-8-9(2-6)13-4-7-5-14-11(15)10(7)8/h4,6H,1-3,5,12H2,(H,14,15). The summed E-state index contributed by atoms with van der Waals surface area (Å²) in [5.74, 6) is 0.522. The van der Waals surface area contributed by atoms with Crippen LogP contribution in [0, 0.1) is 5.92 Å². The molecule has 1 aromatic heterocycles. The Labute approximate surface area is 87.9 Å². The summed E-state index contributed by atoms with van der Waals surface area (Å²) in [6, 6.07) is 0. The first kappa shape index (κ1) is 8.85. The van der Waals surface area contributed by atoms with Gasteiger partial charge < -0.3 is 11.1 Å². The summed E-state index contributed by atoms with van der Waals surface area (Å²) in [5, 5.41) is 2.84. The third kappa shape index (κ3) is 1.18. The molecule has 1 atom stereocenters. The molecule has 1 aliphatic carbocycles. The molecule has 0 saturated carbocycles. The predicted molar refractivity (Wildman–Crippen MR) is 55.4 cm³/mol. The van der Waals surface area contributed by atoms with Crippen LogP contribution >= 0.6 is 0 Å². The normalized spacial score (nSPS) is 22.5. The lowest BCUT2D eigenvalue weighted by atomic mass is 10.0. The van der Waals surface area contributed by atoms with Crippen molar-refractivity contribution in [3.05, 3.63) is 28.6 Å². The van der Waals surface area contributed by atoms with E-state index in [-0.39, 0.29) is 5.91 Å². The number of hydrogen-bond acceptors (Lipinski definition) is 3. The molecule has 4 heteroatoms. The molecule has 2 aliphatic rings. The van der Waals surface area contributed by atoms with E-state index in [1.807, 2.05) is 6.20 Å². The van der Waals surface area contributed by atoms with Crippen molar-refractivity contribution in [2.75, 3.05) is 6.54 Å². The van der Waals surface area contributed by atoms with E-state index in [1.54, 1.807) is 0 Å². The fourth-order valence-electron chi connectivity index (χ4n) is 2.51. The number of fused-ring (bicyclic) bond motifs is 3. The summed E-state index contributed by atoms with van der Waals surface area (Å²) in [4.78, 5) is 16.1. The SMILES string of the molecule is NCC1Cc2ncc3c(c2C1)C(=O)NC3. The van der Waals surface area contributed by atoms with E-state index in [0.717, 1.165) is 35.2 Å². The van der Waals surface area contributed by atoms with E-state index < -0.39 is 0 Å². The second-order valence-electron chi connectivity index (χ2n) is 4.28. The zero-order valence-electron chi connectivity index (χ0n) is 8.42. The molecule has 0 radical (unpaired) electrons. The fraction of sp³-hybridized carbons (Fsp3) is 0.455. The van der Waals surface area contributed by atoms with Gasteiger partial charge in [-0.15, -0.1) is 0 Å². The fourth-order valence-corrected chi connectivity index (χ4v) is 2.51. The van der Waals surface area contributed by atoms with Crippen LogP contribution < -0.4 is 11.1 Å². The molecule has 3 N–H and O–H groups in total. The summed E-state index contributed by atoms with van der Waals surface area (Å²) in [6.45, 7) is 1.30. The number of amides is 1. The van der Waals surface area contributed by atoms with Gasteiger partial charge >= 0.3 is 0 Å². The molecule has 1 aromatic rings. The van der Waals surface area contributed by atoms with E-state index in [2.05, 4.69) is 10.3 Å². The minimum absolute atomic E-state index is 0.0568. The molecule has 4 nitrogen and oxygen atoms in total. The molecule has 0 fully saturated rings. The van der Waals surface area contributed by atoms with Gasteiger partial charge in [-0.2, -0.15) is 0 Å². The van der Waals surface area contributed by atoms with Gasteiger partial charge in [-0.25, -0.2) is 0 Å². The number of rotatable bonds is 1. The van der Waals surface area contributed by atoms with Gasteiger partial charge in [0.2, 0.25) is 0 Å². The van der Waals surface area contributed by atoms with Crippen LogP contribution in [0.2, 0.25) is 0 Å². The van der Waals surface area contributed by atoms with Crippen LogP contribution in [0.3, 0.4) is 0 Å². The number of nitrogens with two attached hydrogens (primary N) is 1. The zero-order valence-corrected chi connectivity index (χ0v) is 8.42. The van der Waals surface area contributed by atoms with Crippen molar-refractivity contribution in [1.29, 1.82) is 0 Å². The smallest absolute Gasteiger partial charge is 0.252 e. The highest BCUT2D eigenvalue weighted by Gasteiger charge is 2.31. The molecule has 1 unspecified atom stereocenters. The number of hydrogen-bond donors (Lipinski definition) is 2. The molecular weight excluding hydrogens is 190 g/mol. The minimum Gasteiger partial charge on any atom is -0.348 e. The molecule has 0 spiro atoms. The zero-order chi connectivity index (χ0) is 10.4. The van der Waals surface area contributed by atoms with Crippen LogP contribution in [0.25, 0.3) is 0 Å².